The first-order valence-corrected chi connectivity index (χ1v) is 6.30. The highest BCUT2D eigenvalue weighted by molar-refractivity contribution is 8.00. The van der Waals surface area contributed by atoms with Crippen molar-refractivity contribution in [3.63, 3.8) is 0 Å². The second kappa shape index (κ2) is 5.95. The number of carboxylic acids is 1. The van der Waals surface area contributed by atoms with E-state index in [4.69, 9.17) is 22.0 Å². The molecule has 1 N–H and O–H groups in total. The third-order valence-electron chi connectivity index (χ3n) is 2.16. The van der Waals surface area contributed by atoms with Crippen LogP contribution in [0.5, 0.6) is 0 Å². The fourth-order valence-corrected chi connectivity index (χ4v) is 2.55. The van der Waals surface area contributed by atoms with Gasteiger partial charge in [-0.15, -0.1) is 11.8 Å². The Hall–Kier alpha value is -1.18. The van der Waals surface area contributed by atoms with E-state index in [1.165, 1.54) is 11.8 Å². The maximum Gasteiger partial charge on any atom is 0.317 e. The molecule has 5 heteroatoms. The van der Waals surface area contributed by atoms with Gasteiger partial charge in [-0.25, -0.2) is 0 Å². The Morgan fingerprint density at radius 3 is 2.59 bits per heavy atom. The lowest BCUT2D eigenvalue weighted by Gasteiger charge is -2.16. The largest absolute Gasteiger partial charge is 0.480 e. The fourth-order valence-electron chi connectivity index (χ4n) is 1.27. The number of thioether (sulfide) groups is 1. The Balaban J connectivity index is 2.95. The third-order valence-corrected chi connectivity index (χ3v) is 4.20. The van der Waals surface area contributed by atoms with Crippen LogP contribution < -0.4 is 0 Å². The van der Waals surface area contributed by atoms with Gasteiger partial charge < -0.3 is 5.11 Å². The summed E-state index contributed by atoms with van der Waals surface area (Å²) in [7, 11) is 0. The molecule has 0 aromatic heterocycles. The molecule has 0 spiro atoms. The maximum absolute atomic E-state index is 11.1. The average Bonchev–Trinajstić information content (AvgIpc) is 2.26. The predicted octanol–water partition coefficient (Wildman–Crippen LogP) is 3.41. The average molecular weight is 270 g/mol. The standard InChI is InChI=1S/C12H12ClNO2S/c1-7(2)11(12(15)16)17-10-4-3-8(6-14)5-9(10)13/h3-5,7,11H,1-2H3,(H,15,16). The Kier molecular flexibility index (Phi) is 4.86. The molecule has 0 heterocycles. The molecule has 0 bridgehead atoms. The van der Waals surface area contributed by atoms with Crippen LogP contribution in [0.25, 0.3) is 0 Å². The van der Waals surface area contributed by atoms with Crippen LogP contribution in [0.2, 0.25) is 5.02 Å². The smallest absolute Gasteiger partial charge is 0.317 e. The van der Waals surface area contributed by atoms with E-state index in [1.54, 1.807) is 18.2 Å². The quantitative estimate of drug-likeness (QED) is 0.851. The minimum atomic E-state index is -0.856. The summed E-state index contributed by atoms with van der Waals surface area (Å²) >= 11 is 7.21. The van der Waals surface area contributed by atoms with Crippen molar-refractivity contribution < 1.29 is 9.90 Å². The van der Waals surface area contributed by atoms with Gasteiger partial charge in [0.25, 0.3) is 0 Å². The topological polar surface area (TPSA) is 61.1 Å². The molecular weight excluding hydrogens is 258 g/mol. The van der Waals surface area contributed by atoms with Crippen LogP contribution in [-0.4, -0.2) is 16.3 Å². The maximum atomic E-state index is 11.1. The van der Waals surface area contributed by atoms with E-state index in [9.17, 15) is 4.79 Å². The van der Waals surface area contributed by atoms with Crippen LogP contribution in [0.15, 0.2) is 23.1 Å². The highest BCUT2D eigenvalue weighted by atomic mass is 35.5. The summed E-state index contributed by atoms with van der Waals surface area (Å²) in [4.78, 5) is 11.8. The summed E-state index contributed by atoms with van der Waals surface area (Å²) in [6, 6.07) is 6.85. The zero-order valence-corrected chi connectivity index (χ0v) is 11.0. The van der Waals surface area contributed by atoms with Crippen LogP contribution in [0.4, 0.5) is 0 Å². The van der Waals surface area contributed by atoms with Crippen molar-refractivity contribution in [2.75, 3.05) is 0 Å². The summed E-state index contributed by atoms with van der Waals surface area (Å²) in [6.07, 6.45) is 0. The summed E-state index contributed by atoms with van der Waals surface area (Å²) in [6.45, 7) is 3.70. The van der Waals surface area contributed by atoms with Crippen molar-refractivity contribution in [1.82, 2.24) is 0 Å². The lowest BCUT2D eigenvalue weighted by atomic mass is 10.1. The zero-order chi connectivity index (χ0) is 13.0. The molecule has 3 nitrogen and oxygen atoms in total. The van der Waals surface area contributed by atoms with Crippen molar-refractivity contribution in [1.29, 1.82) is 5.26 Å². The van der Waals surface area contributed by atoms with Crippen molar-refractivity contribution in [2.24, 2.45) is 5.92 Å². The predicted molar refractivity (Wildman–Crippen MR) is 68.3 cm³/mol. The van der Waals surface area contributed by atoms with Gasteiger partial charge in [0.15, 0.2) is 0 Å². The minimum absolute atomic E-state index is 0.00390. The first kappa shape index (κ1) is 13.9. The normalized spacial score (nSPS) is 12.2. The van der Waals surface area contributed by atoms with Gasteiger partial charge in [0.2, 0.25) is 0 Å². The van der Waals surface area contributed by atoms with Gasteiger partial charge in [-0.2, -0.15) is 5.26 Å². The number of aliphatic carboxylic acids is 1. The zero-order valence-electron chi connectivity index (χ0n) is 9.48. The number of hydrogen-bond acceptors (Lipinski definition) is 3. The number of nitriles is 1. The summed E-state index contributed by atoms with van der Waals surface area (Å²) in [5.74, 6) is -0.852. The number of nitrogens with zero attached hydrogens (tertiary/aromatic N) is 1. The number of halogens is 1. The van der Waals surface area contributed by atoms with Crippen LogP contribution in [0, 0.1) is 17.2 Å². The number of carboxylic acid groups (broad SMARTS) is 1. The molecule has 0 aliphatic heterocycles. The van der Waals surface area contributed by atoms with E-state index in [1.807, 2.05) is 19.9 Å². The molecule has 1 atom stereocenters. The molecule has 0 saturated carbocycles. The molecule has 0 radical (unpaired) electrons. The Morgan fingerprint density at radius 2 is 2.18 bits per heavy atom. The SMILES string of the molecule is CC(C)C(Sc1ccc(C#N)cc1Cl)C(=O)O. The van der Waals surface area contributed by atoms with E-state index >= 15 is 0 Å². The molecule has 0 fully saturated rings. The minimum Gasteiger partial charge on any atom is -0.480 e. The van der Waals surface area contributed by atoms with Gasteiger partial charge in [-0.05, 0) is 24.1 Å². The van der Waals surface area contributed by atoms with Crippen LogP contribution >= 0.6 is 23.4 Å². The fraction of sp³-hybridized carbons (Fsp3) is 0.333. The molecular formula is C12H12ClNO2S. The molecule has 0 amide bonds. The lowest BCUT2D eigenvalue weighted by Crippen LogP contribution is -2.22. The molecule has 1 unspecified atom stereocenters. The van der Waals surface area contributed by atoms with Crippen LogP contribution in [0.3, 0.4) is 0 Å². The van der Waals surface area contributed by atoms with Gasteiger partial charge in [0.05, 0.1) is 16.7 Å². The van der Waals surface area contributed by atoms with Gasteiger partial charge in [-0.1, -0.05) is 25.4 Å². The summed E-state index contributed by atoms with van der Waals surface area (Å²) in [5.41, 5.74) is 0.468. The highest BCUT2D eigenvalue weighted by Gasteiger charge is 2.23. The van der Waals surface area contributed by atoms with Gasteiger partial charge >= 0.3 is 5.97 Å². The molecule has 0 aliphatic carbocycles. The molecule has 1 aromatic rings. The van der Waals surface area contributed by atoms with E-state index in [2.05, 4.69) is 0 Å². The van der Waals surface area contributed by atoms with Crippen molar-refractivity contribution in [3.05, 3.63) is 28.8 Å². The van der Waals surface area contributed by atoms with E-state index < -0.39 is 11.2 Å². The summed E-state index contributed by atoms with van der Waals surface area (Å²) < 4.78 is 0. The van der Waals surface area contributed by atoms with E-state index in [0.29, 0.717) is 15.5 Å². The lowest BCUT2D eigenvalue weighted by molar-refractivity contribution is -0.137. The first-order chi connectivity index (χ1) is 7.95. The van der Waals surface area contributed by atoms with Crippen LogP contribution in [-0.2, 0) is 4.79 Å². The Labute approximate surface area is 109 Å². The number of carbonyl (C=O) groups is 1. The summed E-state index contributed by atoms with van der Waals surface area (Å²) in [5, 5.41) is 17.7. The number of hydrogen-bond donors (Lipinski definition) is 1. The number of rotatable bonds is 4. The highest BCUT2D eigenvalue weighted by Crippen LogP contribution is 2.34. The monoisotopic (exact) mass is 269 g/mol. The Bertz CT molecular complexity index is 468. The molecule has 1 rings (SSSR count). The molecule has 0 saturated heterocycles. The van der Waals surface area contributed by atoms with Crippen LogP contribution in [0.1, 0.15) is 19.4 Å². The van der Waals surface area contributed by atoms with Crippen molar-refractivity contribution >= 4 is 29.3 Å². The van der Waals surface area contributed by atoms with Crippen molar-refractivity contribution in [2.45, 2.75) is 24.0 Å². The third kappa shape index (κ3) is 3.65. The van der Waals surface area contributed by atoms with Crippen molar-refractivity contribution in [3.8, 4) is 6.07 Å². The second-order valence-electron chi connectivity index (χ2n) is 3.88. The molecule has 0 aliphatic rings. The molecule has 90 valence electrons. The Morgan fingerprint density at radius 1 is 1.53 bits per heavy atom. The molecule has 1 aromatic carbocycles. The number of benzene rings is 1. The van der Waals surface area contributed by atoms with Gasteiger partial charge in [-0.3, -0.25) is 4.79 Å². The van der Waals surface area contributed by atoms with Gasteiger partial charge in [0.1, 0.15) is 5.25 Å². The first-order valence-electron chi connectivity index (χ1n) is 5.04. The second-order valence-corrected chi connectivity index (χ2v) is 5.47. The van der Waals surface area contributed by atoms with Gasteiger partial charge in [0, 0.05) is 4.90 Å². The van der Waals surface area contributed by atoms with E-state index in [-0.39, 0.29) is 5.92 Å². The van der Waals surface area contributed by atoms with E-state index in [0.717, 1.165) is 0 Å². The molecule has 17 heavy (non-hydrogen) atoms.